The van der Waals surface area contributed by atoms with Crippen molar-refractivity contribution < 1.29 is 24.2 Å². The fraction of sp³-hybridized carbons (Fsp3) is 0.391. The summed E-state index contributed by atoms with van der Waals surface area (Å²) in [5, 5.41) is 13.3. The number of hydrogen-bond donors (Lipinski definition) is 1. The zero-order chi connectivity index (χ0) is 22.7. The van der Waals surface area contributed by atoms with E-state index < -0.39 is 17.7 Å². The molecule has 0 bridgehead atoms. The van der Waals surface area contributed by atoms with Crippen molar-refractivity contribution in [3.8, 4) is 11.5 Å². The standard InChI is InChI=1S/C23H28N2O5S/c1-14-10-13-31-22(14)19-18(21(27)23(28)25(19)12-7-11-24(2)3)20(26)17-15(29-4)8-6-9-16(17)30-5/h6,8-10,13,19,26H,7,11-12H2,1-5H3/b20-18+. The second-order valence-corrected chi connectivity index (χ2v) is 8.60. The summed E-state index contributed by atoms with van der Waals surface area (Å²) in [5.74, 6) is -0.879. The van der Waals surface area contributed by atoms with Crippen LogP contribution in [0, 0.1) is 6.92 Å². The zero-order valence-electron chi connectivity index (χ0n) is 18.5. The van der Waals surface area contributed by atoms with Crippen molar-refractivity contribution in [1.29, 1.82) is 0 Å². The monoisotopic (exact) mass is 444 g/mol. The van der Waals surface area contributed by atoms with Gasteiger partial charge in [-0.25, -0.2) is 0 Å². The van der Waals surface area contributed by atoms with Crippen LogP contribution in [0.15, 0.2) is 35.2 Å². The second kappa shape index (κ2) is 9.53. The van der Waals surface area contributed by atoms with E-state index in [9.17, 15) is 14.7 Å². The van der Waals surface area contributed by atoms with Crippen molar-refractivity contribution >= 4 is 28.8 Å². The van der Waals surface area contributed by atoms with E-state index in [2.05, 4.69) is 0 Å². The Bertz CT molecular complexity index is 989. The van der Waals surface area contributed by atoms with Gasteiger partial charge in [-0.3, -0.25) is 9.59 Å². The largest absolute Gasteiger partial charge is 0.506 e. The molecule has 1 N–H and O–H groups in total. The topological polar surface area (TPSA) is 79.3 Å². The Morgan fingerprint density at radius 3 is 2.32 bits per heavy atom. The number of hydrogen-bond acceptors (Lipinski definition) is 7. The first-order valence-electron chi connectivity index (χ1n) is 10.00. The number of likely N-dealkylation sites (tertiary alicyclic amines) is 1. The molecule has 2 aromatic rings. The van der Waals surface area contributed by atoms with Crippen LogP contribution in [0.1, 0.15) is 28.5 Å². The smallest absolute Gasteiger partial charge is 0.295 e. The number of amides is 1. The number of aryl methyl sites for hydroxylation is 1. The molecule has 0 saturated carbocycles. The van der Waals surface area contributed by atoms with Gasteiger partial charge in [-0.2, -0.15) is 0 Å². The third-order valence-corrected chi connectivity index (χ3v) is 6.43. The Balaban J connectivity index is 2.19. The first-order valence-corrected chi connectivity index (χ1v) is 10.9. The van der Waals surface area contributed by atoms with Crippen molar-refractivity contribution in [2.45, 2.75) is 19.4 Å². The number of ketones is 1. The molecule has 1 aromatic carbocycles. The van der Waals surface area contributed by atoms with E-state index in [-0.39, 0.29) is 16.9 Å². The van der Waals surface area contributed by atoms with E-state index in [1.807, 2.05) is 37.4 Å². The molecule has 31 heavy (non-hydrogen) atoms. The molecule has 1 saturated heterocycles. The first kappa shape index (κ1) is 22.8. The van der Waals surface area contributed by atoms with E-state index in [1.54, 1.807) is 23.1 Å². The number of Topliss-reactive ketones (excluding diaryl/α,β-unsaturated/α-hetero) is 1. The fourth-order valence-electron chi connectivity index (χ4n) is 3.82. The summed E-state index contributed by atoms with van der Waals surface area (Å²) in [6.07, 6.45) is 0.707. The van der Waals surface area contributed by atoms with Crippen LogP contribution < -0.4 is 9.47 Å². The minimum Gasteiger partial charge on any atom is -0.506 e. The molecule has 2 heterocycles. The Morgan fingerprint density at radius 2 is 1.81 bits per heavy atom. The summed E-state index contributed by atoms with van der Waals surface area (Å²) in [6.45, 7) is 3.12. The van der Waals surface area contributed by atoms with Gasteiger partial charge in [0.05, 0.1) is 25.8 Å². The van der Waals surface area contributed by atoms with Crippen LogP contribution in [0.25, 0.3) is 5.76 Å². The Labute approximate surface area is 186 Å². The number of aliphatic hydroxyl groups excluding tert-OH is 1. The first-order chi connectivity index (χ1) is 14.8. The Morgan fingerprint density at radius 1 is 1.16 bits per heavy atom. The molecule has 0 radical (unpaired) electrons. The van der Waals surface area contributed by atoms with Gasteiger partial charge in [0.1, 0.15) is 22.8 Å². The Hall–Kier alpha value is -2.84. The highest BCUT2D eigenvalue weighted by Gasteiger charge is 2.47. The van der Waals surface area contributed by atoms with Crippen LogP contribution in [-0.4, -0.2) is 68.0 Å². The van der Waals surface area contributed by atoms with Crippen LogP contribution in [0.2, 0.25) is 0 Å². The lowest BCUT2D eigenvalue weighted by Crippen LogP contribution is -2.32. The van der Waals surface area contributed by atoms with Crippen LogP contribution in [0.3, 0.4) is 0 Å². The van der Waals surface area contributed by atoms with Crippen LogP contribution >= 0.6 is 11.3 Å². The van der Waals surface area contributed by atoms with E-state index in [4.69, 9.17) is 9.47 Å². The minimum atomic E-state index is -0.701. The fourth-order valence-corrected chi connectivity index (χ4v) is 4.87. The average molecular weight is 445 g/mol. The number of methoxy groups -OCH3 is 2. The highest BCUT2D eigenvalue weighted by atomic mass is 32.1. The molecule has 8 heteroatoms. The van der Waals surface area contributed by atoms with Gasteiger partial charge < -0.3 is 24.4 Å². The normalized spacial score (nSPS) is 18.1. The predicted molar refractivity (Wildman–Crippen MR) is 121 cm³/mol. The molecule has 1 aliphatic rings. The lowest BCUT2D eigenvalue weighted by Gasteiger charge is -2.25. The van der Waals surface area contributed by atoms with Gasteiger partial charge in [-0.15, -0.1) is 11.3 Å². The third kappa shape index (κ3) is 4.31. The molecule has 1 fully saturated rings. The number of ether oxygens (including phenoxy) is 2. The number of rotatable bonds is 8. The average Bonchev–Trinajstić information content (AvgIpc) is 3.28. The molecule has 1 aliphatic heterocycles. The molecule has 1 aromatic heterocycles. The van der Waals surface area contributed by atoms with Gasteiger partial charge in [-0.1, -0.05) is 6.07 Å². The van der Waals surface area contributed by atoms with E-state index in [1.165, 1.54) is 25.6 Å². The maximum Gasteiger partial charge on any atom is 0.295 e. The van der Waals surface area contributed by atoms with Crippen molar-refractivity contribution in [2.75, 3.05) is 41.4 Å². The summed E-state index contributed by atoms with van der Waals surface area (Å²) in [6, 6.07) is 6.38. The van der Waals surface area contributed by atoms with Gasteiger partial charge in [-0.05, 0) is 63.1 Å². The second-order valence-electron chi connectivity index (χ2n) is 7.65. The number of carbonyl (C=O) groups is 2. The highest BCUT2D eigenvalue weighted by molar-refractivity contribution is 7.10. The maximum absolute atomic E-state index is 13.1. The van der Waals surface area contributed by atoms with Crippen molar-refractivity contribution in [3.63, 3.8) is 0 Å². The van der Waals surface area contributed by atoms with Gasteiger partial charge in [0.2, 0.25) is 0 Å². The SMILES string of the molecule is COc1cccc(OC)c1/C(O)=C1\C(=O)C(=O)N(CCCN(C)C)C1c1sccc1C. The highest BCUT2D eigenvalue weighted by Crippen LogP contribution is 2.45. The molecule has 1 unspecified atom stereocenters. The number of nitrogens with zero attached hydrogens (tertiary/aromatic N) is 2. The van der Waals surface area contributed by atoms with Crippen LogP contribution in [0.5, 0.6) is 11.5 Å². The molecular formula is C23H28N2O5S. The molecule has 3 rings (SSSR count). The molecule has 0 aliphatic carbocycles. The van der Waals surface area contributed by atoms with Crippen molar-refractivity contribution in [2.24, 2.45) is 0 Å². The molecule has 166 valence electrons. The van der Waals surface area contributed by atoms with Crippen molar-refractivity contribution in [3.05, 3.63) is 51.2 Å². The minimum absolute atomic E-state index is 0.0585. The zero-order valence-corrected chi connectivity index (χ0v) is 19.3. The Kier molecular flexibility index (Phi) is 7.02. The molecule has 7 nitrogen and oxygen atoms in total. The number of carbonyl (C=O) groups excluding carboxylic acids is 2. The summed E-state index contributed by atoms with van der Waals surface area (Å²) in [7, 11) is 6.88. The quantitative estimate of drug-likeness (QED) is 0.382. The molecule has 0 spiro atoms. The summed E-state index contributed by atoms with van der Waals surface area (Å²) in [5.41, 5.74) is 1.29. The van der Waals surface area contributed by atoms with Crippen LogP contribution in [-0.2, 0) is 9.59 Å². The van der Waals surface area contributed by atoms with Gasteiger partial charge >= 0.3 is 0 Å². The molecule has 1 amide bonds. The van der Waals surface area contributed by atoms with E-state index in [0.29, 0.717) is 24.5 Å². The predicted octanol–water partition coefficient (Wildman–Crippen LogP) is 3.45. The van der Waals surface area contributed by atoms with Crippen molar-refractivity contribution in [1.82, 2.24) is 9.80 Å². The van der Waals surface area contributed by atoms with Gasteiger partial charge in [0.15, 0.2) is 0 Å². The molecule has 1 atom stereocenters. The lowest BCUT2D eigenvalue weighted by atomic mass is 9.97. The van der Waals surface area contributed by atoms with Gasteiger partial charge in [0, 0.05) is 11.4 Å². The molecular weight excluding hydrogens is 416 g/mol. The van der Waals surface area contributed by atoms with E-state index >= 15 is 0 Å². The van der Waals surface area contributed by atoms with E-state index in [0.717, 1.165) is 17.0 Å². The summed E-state index contributed by atoms with van der Waals surface area (Å²) < 4.78 is 10.8. The number of thiophene rings is 1. The number of benzene rings is 1. The number of aliphatic hydroxyl groups is 1. The summed E-state index contributed by atoms with van der Waals surface area (Å²) in [4.78, 5) is 30.6. The summed E-state index contributed by atoms with van der Waals surface area (Å²) >= 11 is 1.47. The lowest BCUT2D eigenvalue weighted by molar-refractivity contribution is -0.139. The third-order valence-electron chi connectivity index (χ3n) is 5.36. The maximum atomic E-state index is 13.1. The van der Waals surface area contributed by atoms with Crippen LogP contribution in [0.4, 0.5) is 0 Å². The van der Waals surface area contributed by atoms with Gasteiger partial charge in [0.25, 0.3) is 11.7 Å².